The number of para-hydroxylation sites is 1. The average Bonchev–Trinajstić information content (AvgIpc) is 2.90. The van der Waals surface area contributed by atoms with Crippen molar-refractivity contribution >= 4 is 22.5 Å². The highest BCUT2D eigenvalue weighted by molar-refractivity contribution is 6.08. The van der Waals surface area contributed by atoms with Gasteiger partial charge in [-0.15, -0.1) is 0 Å². The predicted molar refractivity (Wildman–Crippen MR) is 98.5 cm³/mol. The van der Waals surface area contributed by atoms with E-state index in [1.54, 1.807) is 10.7 Å². The summed E-state index contributed by atoms with van der Waals surface area (Å²) in [5.74, 6) is -0.453. The number of amides is 1. The minimum atomic E-state index is -0.493. The summed E-state index contributed by atoms with van der Waals surface area (Å²) in [6, 6.07) is 5.55. The molecule has 2 aromatic heterocycles. The van der Waals surface area contributed by atoms with Gasteiger partial charge in [0.15, 0.2) is 0 Å². The first-order valence-corrected chi connectivity index (χ1v) is 8.17. The van der Waals surface area contributed by atoms with Crippen molar-refractivity contribution in [1.82, 2.24) is 20.1 Å². The average molecular weight is 339 g/mol. The Morgan fingerprint density at radius 2 is 2.12 bits per heavy atom. The van der Waals surface area contributed by atoms with E-state index in [1.807, 2.05) is 39.2 Å². The molecule has 1 amide bonds. The van der Waals surface area contributed by atoms with E-state index in [0.29, 0.717) is 17.4 Å². The Balaban J connectivity index is 2.24. The molecule has 0 fully saturated rings. The fourth-order valence-corrected chi connectivity index (χ4v) is 2.99. The first-order chi connectivity index (χ1) is 11.9. The molecule has 0 unspecified atom stereocenters. The van der Waals surface area contributed by atoms with Gasteiger partial charge < -0.3 is 16.0 Å². The number of nitrogen functional groups attached to an aromatic ring is 1. The van der Waals surface area contributed by atoms with Crippen molar-refractivity contribution in [2.45, 2.75) is 20.3 Å². The van der Waals surface area contributed by atoms with Gasteiger partial charge in [-0.2, -0.15) is 5.10 Å². The molecule has 0 bridgehead atoms. The minimum Gasteiger partial charge on any atom is -0.397 e. The van der Waals surface area contributed by atoms with Crippen LogP contribution < -0.4 is 16.6 Å². The number of carbonyl (C=O) groups is 1. The molecule has 3 aromatic rings. The second-order valence-corrected chi connectivity index (χ2v) is 6.03. The van der Waals surface area contributed by atoms with Gasteiger partial charge in [-0.05, 0) is 13.3 Å². The smallest absolute Gasteiger partial charge is 0.263 e. The van der Waals surface area contributed by atoms with Crippen LogP contribution in [-0.4, -0.2) is 27.2 Å². The Morgan fingerprint density at radius 1 is 1.36 bits per heavy atom. The van der Waals surface area contributed by atoms with Crippen LogP contribution in [0, 0.1) is 6.92 Å². The van der Waals surface area contributed by atoms with Gasteiger partial charge in [0.05, 0.1) is 16.9 Å². The zero-order chi connectivity index (χ0) is 18.1. The third-order valence-electron chi connectivity index (χ3n) is 4.16. The highest BCUT2D eigenvalue weighted by Crippen LogP contribution is 2.31. The lowest BCUT2D eigenvalue weighted by atomic mass is 10.0. The summed E-state index contributed by atoms with van der Waals surface area (Å²) < 4.78 is 1.72. The first-order valence-electron chi connectivity index (χ1n) is 8.17. The number of pyridine rings is 1. The van der Waals surface area contributed by atoms with Crippen molar-refractivity contribution < 1.29 is 4.79 Å². The van der Waals surface area contributed by atoms with E-state index in [2.05, 4.69) is 15.4 Å². The number of anilines is 1. The van der Waals surface area contributed by atoms with Crippen LogP contribution >= 0.6 is 0 Å². The molecule has 7 heteroatoms. The van der Waals surface area contributed by atoms with E-state index in [-0.39, 0.29) is 11.3 Å². The number of rotatable bonds is 4. The second kappa shape index (κ2) is 6.43. The van der Waals surface area contributed by atoms with Crippen LogP contribution in [0.25, 0.3) is 22.0 Å². The Morgan fingerprint density at radius 3 is 2.76 bits per heavy atom. The van der Waals surface area contributed by atoms with Gasteiger partial charge in [0.25, 0.3) is 11.5 Å². The monoisotopic (exact) mass is 339 g/mol. The lowest BCUT2D eigenvalue weighted by Gasteiger charge is -2.11. The molecule has 0 spiro atoms. The lowest BCUT2D eigenvalue weighted by molar-refractivity contribution is 0.0953. The highest BCUT2D eigenvalue weighted by atomic mass is 16.2. The van der Waals surface area contributed by atoms with Crippen molar-refractivity contribution in [2.24, 2.45) is 7.05 Å². The number of aryl methyl sites for hydroxylation is 2. The number of nitrogens with two attached hydrogens (primary N) is 1. The van der Waals surface area contributed by atoms with E-state index in [0.717, 1.165) is 23.2 Å². The topological polar surface area (TPSA) is 106 Å². The number of fused-ring (bicyclic) bond motifs is 1. The molecule has 0 saturated carbocycles. The zero-order valence-corrected chi connectivity index (χ0v) is 14.5. The molecule has 0 saturated heterocycles. The van der Waals surface area contributed by atoms with Gasteiger partial charge in [0.1, 0.15) is 5.56 Å². The molecule has 0 aliphatic heterocycles. The number of aromatic nitrogens is 3. The molecule has 130 valence electrons. The maximum absolute atomic E-state index is 12.5. The standard InChI is InChI=1S/C18H21N5O2/c1-4-8-20-17(24)14-15(19)12-7-5-6-11(16(12)21-18(14)25)13-9-23(3)22-10(13)2/h5-7,9H,4,8H2,1-3H3,(H,20,24)(H3,19,21,25). The number of nitrogens with one attached hydrogen (secondary N) is 2. The molecular formula is C18H21N5O2. The molecule has 25 heavy (non-hydrogen) atoms. The van der Waals surface area contributed by atoms with Crippen molar-refractivity contribution in [1.29, 1.82) is 0 Å². The Bertz CT molecular complexity index is 1020. The molecule has 0 radical (unpaired) electrons. The fourth-order valence-electron chi connectivity index (χ4n) is 2.99. The summed E-state index contributed by atoms with van der Waals surface area (Å²) in [6.07, 6.45) is 2.67. The van der Waals surface area contributed by atoms with Crippen LogP contribution in [0.15, 0.2) is 29.2 Å². The van der Waals surface area contributed by atoms with Crippen LogP contribution in [0.5, 0.6) is 0 Å². The number of hydrogen-bond acceptors (Lipinski definition) is 4. The maximum atomic E-state index is 12.5. The van der Waals surface area contributed by atoms with E-state index in [1.165, 1.54) is 0 Å². The molecule has 0 aliphatic carbocycles. The number of carbonyl (C=O) groups excluding carboxylic acids is 1. The number of H-pyrrole nitrogens is 1. The van der Waals surface area contributed by atoms with Crippen LogP contribution in [0.1, 0.15) is 29.4 Å². The Hall–Kier alpha value is -3.09. The van der Waals surface area contributed by atoms with Crippen molar-refractivity contribution in [3.8, 4) is 11.1 Å². The molecule has 0 aliphatic rings. The van der Waals surface area contributed by atoms with Crippen molar-refractivity contribution in [3.63, 3.8) is 0 Å². The minimum absolute atomic E-state index is 0.0407. The lowest BCUT2D eigenvalue weighted by Crippen LogP contribution is -2.31. The summed E-state index contributed by atoms with van der Waals surface area (Å²) >= 11 is 0. The molecule has 0 atom stereocenters. The third kappa shape index (κ3) is 2.88. The molecule has 1 aromatic carbocycles. The van der Waals surface area contributed by atoms with Crippen LogP contribution in [0.4, 0.5) is 5.69 Å². The zero-order valence-electron chi connectivity index (χ0n) is 14.5. The predicted octanol–water partition coefficient (Wildman–Crippen LogP) is 1.96. The van der Waals surface area contributed by atoms with Crippen LogP contribution in [0.3, 0.4) is 0 Å². The normalized spacial score (nSPS) is 11.0. The van der Waals surface area contributed by atoms with E-state index in [4.69, 9.17) is 5.73 Å². The van der Waals surface area contributed by atoms with Gasteiger partial charge >= 0.3 is 0 Å². The number of nitrogens with zero attached hydrogens (tertiary/aromatic N) is 2. The Labute approximate surface area is 144 Å². The van der Waals surface area contributed by atoms with Crippen LogP contribution in [-0.2, 0) is 7.05 Å². The first kappa shape index (κ1) is 16.8. The van der Waals surface area contributed by atoms with Crippen molar-refractivity contribution in [3.05, 3.63) is 46.0 Å². The molecule has 2 heterocycles. The molecule has 3 rings (SSSR count). The molecular weight excluding hydrogens is 318 g/mol. The highest BCUT2D eigenvalue weighted by Gasteiger charge is 2.19. The largest absolute Gasteiger partial charge is 0.397 e. The van der Waals surface area contributed by atoms with Gasteiger partial charge in [-0.25, -0.2) is 0 Å². The molecule has 7 nitrogen and oxygen atoms in total. The van der Waals surface area contributed by atoms with Crippen LogP contribution in [0.2, 0.25) is 0 Å². The quantitative estimate of drug-likeness (QED) is 0.675. The summed E-state index contributed by atoms with van der Waals surface area (Å²) in [5.41, 5.74) is 9.02. The summed E-state index contributed by atoms with van der Waals surface area (Å²) in [4.78, 5) is 27.6. The third-order valence-corrected chi connectivity index (χ3v) is 4.16. The number of benzene rings is 1. The summed E-state index contributed by atoms with van der Waals surface area (Å²) in [6.45, 7) is 4.34. The van der Waals surface area contributed by atoms with Gasteiger partial charge in [0, 0.05) is 36.3 Å². The Kier molecular flexibility index (Phi) is 4.31. The van der Waals surface area contributed by atoms with E-state index in [9.17, 15) is 9.59 Å². The summed E-state index contributed by atoms with van der Waals surface area (Å²) in [7, 11) is 1.84. The van der Waals surface area contributed by atoms with Gasteiger partial charge in [0.2, 0.25) is 0 Å². The maximum Gasteiger partial charge on any atom is 0.263 e. The van der Waals surface area contributed by atoms with Crippen molar-refractivity contribution in [2.75, 3.05) is 12.3 Å². The van der Waals surface area contributed by atoms with E-state index >= 15 is 0 Å². The molecule has 4 N–H and O–H groups in total. The summed E-state index contributed by atoms with van der Waals surface area (Å²) in [5, 5.41) is 7.69. The van der Waals surface area contributed by atoms with Gasteiger partial charge in [-0.3, -0.25) is 14.3 Å². The SMILES string of the molecule is CCCNC(=O)c1c(N)c2cccc(-c3cn(C)nc3C)c2[nH]c1=O. The van der Waals surface area contributed by atoms with Gasteiger partial charge in [-0.1, -0.05) is 25.1 Å². The second-order valence-electron chi connectivity index (χ2n) is 6.03. The number of hydrogen-bond donors (Lipinski definition) is 3. The fraction of sp³-hybridized carbons (Fsp3) is 0.278. The number of aromatic amines is 1. The van der Waals surface area contributed by atoms with E-state index < -0.39 is 11.5 Å².